The Balaban J connectivity index is 0.834. The number of fused-ring (bicyclic) bond motifs is 4. The SMILES string of the molecule is COC(=O)N[C@H](C(=O)N1C(c2nc(-c3ccc4cc(-c5ccc6cc(-c7c[nH]c([C@@H]8C[C@H]9C[C@H]9N8C(=O)[C@@H](NC(=O)OC)C(C)C)n7)ccc6c5)ccc4c3)c[nH]2)C[C@H]2C[C@H]21)C(C)C. The predicted molar refractivity (Wildman–Crippen MR) is 243 cm³/mol. The van der Waals surface area contributed by atoms with Crippen LogP contribution >= 0.6 is 0 Å². The van der Waals surface area contributed by atoms with Gasteiger partial charge in [0, 0.05) is 35.6 Å². The van der Waals surface area contributed by atoms with Crippen molar-refractivity contribution in [1.29, 1.82) is 0 Å². The zero-order chi connectivity index (χ0) is 44.6. The van der Waals surface area contributed by atoms with Gasteiger partial charge in [0.2, 0.25) is 11.8 Å². The molecule has 330 valence electrons. The lowest BCUT2D eigenvalue weighted by Gasteiger charge is -2.31. The number of amides is 4. The van der Waals surface area contributed by atoms with Gasteiger partial charge in [-0.15, -0.1) is 0 Å². The van der Waals surface area contributed by atoms with E-state index in [1.54, 1.807) is 0 Å². The lowest BCUT2D eigenvalue weighted by atomic mass is 9.97. The number of likely N-dealkylation sites (tertiary alicyclic amines) is 2. The smallest absolute Gasteiger partial charge is 0.407 e. The highest BCUT2D eigenvalue weighted by molar-refractivity contribution is 5.94. The number of rotatable bonds is 11. The molecule has 64 heavy (non-hydrogen) atoms. The van der Waals surface area contributed by atoms with Crippen LogP contribution in [0.3, 0.4) is 0 Å². The monoisotopic (exact) mass is 862 g/mol. The number of methoxy groups -OCH3 is 2. The number of hydrogen-bond acceptors (Lipinski definition) is 8. The summed E-state index contributed by atoms with van der Waals surface area (Å²) in [5.41, 5.74) is 5.84. The fourth-order valence-electron chi connectivity index (χ4n) is 10.2. The predicted octanol–water partition coefficient (Wildman–Crippen LogP) is 8.53. The first kappa shape index (κ1) is 41.3. The van der Waals surface area contributed by atoms with Crippen LogP contribution in [0.5, 0.6) is 0 Å². The average molecular weight is 863 g/mol. The molecule has 8 atom stereocenters. The zero-order valence-electron chi connectivity index (χ0n) is 36.9. The first-order valence-corrected chi connectivity index (χ1v) is 22.4. The summed E-state index contributed by atoms with van der Waals surface area (Å²) in [7, 11) is 2.61. The van der Waals surface area contributed by atoms with Crippen molar-refractivity contribution < 1.29 is 28.7 Å². The number of piperidine rings is 2. The van der Waals surface area contributed by atoms with E-state index in [1.165, 1.54) is 14.2 Å². The number of aromatic amines is 2. The second-order valence-corrected chi connectivity index (χ2v) is 18.7. The van der Waals surface area contributed by atoms with Crippen LogP contribution in [0.4, 0.5) is 9.59 Å². The first-order valence-electron chi connectivity index (χ1n) is 22.4. The van der Waals surface area contributed by atoms with E-state index in [9.17, 15) is 19.2 Å². The highest BCUT2D eigenvalue weighted by Crippen LogP contribution is 2.54. The van der Waals surface area contributed by atoms with Crippen molar-refractivity contribution in [1.82, 2.24) is 40.4 Å². The number of hydrogen-bond donors (Lipinski definition) is 4. The molecule has 0 spiro atoms. The molecule has 2 aliphatic carbocycles. The molecule has 4 amide bonds. The summed E-state index contributed by atoms with van der Waals surface area (Å²) in [5, 5.41) is 9.93. The molecule has 2 aliphatic heterocycles. The Bertz CT molecular complexity index is 2620. The average Bonchev–Trinajstić information content (AvgIpc) is 3.88. The van der Waals surface area contributed by atoms with Crippen molar-refractivity contribution >= 4 is 45.5 Å². The van der Waals surface area contributed by atoms with E-state index >= 15 is 0 Å². The molecule has 4 N–H and O–H groups in total. The summed E-state index contributed by atoms with van der Waals surface area (Å²) in [6.45, 7) is 7.71. The Kier molecular flexibility index (Phi) is 10.4. The molecule has 4 fully saturated rings. The highest BCUT2D eigenvalue weighted by Gasteiger charge is 2.57. The molecule has 0 bridgehead atoms. The molecule has 14 nitrogen and oxygen atoms in total. The minimum atomic E-state index is -0.677. The summed E-state index contributed by atoms with van der Waals surface area (Å²) in [6.07, 6.45) is 6.26. The molecule has 10 rings (SSSR count). The maximum Gasteiger partial charge on any atom is 0.407 e. The minimum absolute atomic E-state index is 0.0953. The number of ether oxygens (including phenoxy) is 2. The van der Waals surface area contributed by atoms with E-state index in [0.29, 0.717) is 11.8 Å². The van der Waals surface area contributed by atoms with Gasteiger partial charge in [0.05, 0.1) is 37.7 Å². The number of aromatic nitrogens is 4. The summed E-state index contributed by atoms with van der Waals surface area (Å²) in [5.74, 6) is 2.03. The van der Waals surface area contributed by atoms with Gasteiger partial charge >= 0.3 is 12.2 Å². The molecular formula is C50H54N8O6. The number of nitrogens with zero attached hydrogens (tertiary/aromatic N) is 4. The van der Waals surface area contributed by atoms with Crippen molar-refractivity contribution in [3.8, 4) is 33.6 Å². The van der Waals surface area contributed by atoms with Gasteiger partial charge in [-0.2, -0.15) is 0 Å². The first-order chi connectivity index (χ1) is 30.9. The molecule has 2 saturated carbocycles. The van der Waals surface area contributed by atoms with Crippen LogP contribution in [-0.2, 0) is 19.1 Å². The third kappa shape index (κ3) is 7.51. The summed E-state index contributed by atoms with van der Waals surface area (Å²) >= 11 is 0. The topological polar surface area (TPSA) is 175 Å². The van der Waals surface area contributed by atoms with Crippen molar-refractivity contribution in [2.24, 2.45) is 23.7 Å². The molecular weight excluding hydrogens is 809 g/mol. The Morgan fingerprint density at radius 3 is 1.28 bits per heavy atom. The highest BCUT2D eigenvalue weighted by atomic mass is 16.5. The third-order valence-electron chi connectivity index (χ3n) is 13.9. The van der Waals surface area contributed by atoms with Crippen LogP contribution in [0, 0.1) is 23.7 Å². The minimum Gasteiger partial charge on any atom is -0.453 e. The van der Waals surface area contributed by atoms with E-state index in [0.717, 1.165) is 92.5 Å². The van der Waals surface area contributed by atoms with Gasteiger partial charge in [-0.3, -0.25) is 9.59 Å². The number of imidazole rings is 2. The number of carbonyl (C=O) groups excluding carboxylic acids is 4. The van der Waals surface area contributed by atoms with E-state index in [-0.39, 0.29) is 47.8 Å². The van der Waals surface area contributed by atoms with Crippen LogP contribution in [0.25, 0.3) is 55.2 Å². The Hall–Kier alpha value is -6.70. The lowest BCUT2D eigenvalue weighted by Crippen LogP contribution is -2.52. The van der Waals surface area contributed by atoms with Gasteiger partial charge in [0.1, 0.15) is 23.7 Å². The maximum absolute atomic E-state index is 13.9. The standard InChI is InChI=1S/C50H54N8O6/c1-25(2)43(55-49(61)63-5)47(59)57-39-19-35(39)21-41(57)45-51-23-37(53-45)33-13-11-29-15-27(7-9-31(29)17-33)28-8-10-32-18-34(14-12-30(32)16-28)38-24-52-46(54-38)42-22-36-20-40(36)58(42)48(60)44(26(3)4)56-50(62)64-6/h7-18,23-26,35-36,39-44H,19-22H2,1-6H3,(H,51,53)(H,52,54)(H,55,61)(H,56,62)/t35-,36-,39-,40-,41+,42?,43+,44+/m1/s1. The lowest BCUT2D eigenvalue weighted by molar-refractivity contribution is -0.137. The summed E-state index contributed by atoms with van der Waals surface area (Å²) in [4.78, 5) is 72.6. The second kappa shape index (κ2) is 16.1. The Morgan fingerprint density at radius 2 is 0.922 bits per heavy atom. The number of benzene rings is 4. The molecule has 2 saturated heterocycles. The second-order valence-electron chi connectivity index (χ2n) is 18.7. The molecule has 6 aromatic rings. The molecule has 4 aromatic carbocycles. The molecule has 4 heterocycles. The van der Waals surface area contributed by atoms with Gasteiger partial charge in [-0.05, 0) is 106 Å². The summed E-state index contributed by atoms with van der Waals surface area (Å²) in [6, 6.07) is 24.4. The normalized spacial score (nSPS) is 22.9. The van der Waals surface area contributed by atoms with Crippen molar-refractivity contribution in [2.45, 2.75) is 89.6 Å². The van der Waals surface area contributed by atoms with E-state index in [2.05, 4.69) is 93.4 Å². The zero-order valence-corrected chi connectivity index (χ0v) is 36.9. The van der Waals surface area contributed by atoms with E-state index < -0.39 is 24.3 Å². The van der Waals surface area contributed by atoms with Crippen LogP contribution in [-0.4, -0.2) is 92.1 Å². The summed E-state index contributed by atoms with van der Waals surface area (Å²) < 4.78 is 9.63. The largest absolute Gasteiger partial charge is 0.453 e. The molecule has 0 radical (unpaired) electrons. The Labute approximate surface area is 371 Å². The van der Waals surface area contributed by atoms with Gasteiger partial charge in [-0.25, -0.2) is 19.6 Å². The fraction of sp³-hybridized carbons (Fsp3) is 0.400. The number of carbonyl (C=O) groups is 4. The van der Waals surface area contributed by atoms with Crippen LogP contribution in [0.2, 0.25) is 0 Å². The van der Waals surface area contributed by atoms with Gasteiger partial charge < -0.3 is 39.9 Å². The van der Waals surface area contributed by atoms with Gasteiger partial charge in [0.25, 0.3) is 0 Å². The number of nitrogens with one attached hydrogen (secondary N) is 4. The van der Waals surface area contributed by atoms with Crippen molar-refractivity contribution in [3.05, 3.63) is 96.8 Å². The van der Waals surface area contributed by atoms with E-state index in [1.807, 2.05) is 49.9 Å². The molecule has 1 unspecified atom stereocenters. The van der Waals surface area contributed by atoms with Crippen LogP contribution < -0.4 is 10.6 Å². The number of alkyl carbamates (subject to hydrolysis) is 2. The molecule has 14 heteroatoms. The van der Waals surface area contributed by atoms with E-state index in [4.69, 9.17) is 19.4 Å². The quantitative estimate of drug-likeness (QED) is 0.100. The van der Waals surface area contributed by atoms with Crippen molar-refractivity contribution in [3.63, 3.8) is 0 Å². The van der Waals surface area contributed by atoms with Crippen molar-refractivity contribution in [2.75, 3.05) is 14.2 Å². The Morgan fingerprint density at radius 1 is 0.562 bits per heavy atom. The molecule has 2 aromatic heterocycles. The third-order valence-corrected chi connectivity index (χ3v) is 13.9. The number of H-pyrrole nitrogens is 2. The van der Waals surface area contributed by atoms with Crippen LogP contribution in [0.15, 0.2) is 85.2 Å². The van der Waals surface area contributed by atoms with Gasteiger partial charge in [-0.1, -0.05) is 76.2 Å². The fourth-order valence-corrected chi connectivity index (χ4v) is 10.2. The maximum atomic E-state index is 13.9. The molecule has 4 aliphatic rings. The van der Waals surface area contributed by atoms with Crippen LogP contribution in [0.1, 0.15) is 77.1 Å². The van der Waals surface area contributed by atoms with Gasteiger partial charge in [0.15, 0.2) is 0 Å².